The minimum absolute atomic E-state index is 0. The van der Waals surface area contributed by atoms with Gasteiger partial charge in [0.05, 0.1) is 6.04 Å². The maximum atomic E-state index is 11.7. The van der Waals surface area contributed by atoms with E-state index in [4.69, 9.17) is 5.73 Å². The molecule has 2 N–H and O–H groups in total. The average molecular weight is 300 g/mol. The highest BCUT2D eigenvalue weighted by atomic mass is 35.5. The molecule has 1 heterocycles. The molecule has 0 saturated carbocycles. The summed E-state index contributed by atoms with van der Waals surface area (Å²) in [5.74, 6) is 0.727. The molecule has 1 amide bonds. The molecule has 0 aliphatic carbocycles. The number of carbonyl (C=O) groups excluding carboxylic acids is 1. The van der Waals surface area contributed by atoms with Gasteiger partial charge in [0.1, 0.15) is 0 Å². The summed E-state index contributed by atoms with van der Waals surface area (Å²) in [5.41, 5.74) is 5.61. The summed E-state index contributed by atoms with van der Waals surface area (Å²) in [4.78, 5) is 16.0. The second-order valence-electron chi connectivity index (χ2n) is 4.71. The minimum Gasteiger partial charge on any atom is -0.341 e. The number of likely N-dealkylation sites (tertiary alicyclic amines) is 1. The van der Waals surface area contributed by atoms with Crippen molar-refractivity contribution in [3.05, 3.63) is 0 Å². The summed E-state index contributed by atoms with van der Waals surface area (Å²) in [6, 6.07) is -0.354. The highest BCUT2D eigenvalue weighted by Gasteiger charge is 2.28. The van der Waals surface area contributed by atoms with Gasteiger partial charge < -0.3 is 15.5 Å². The molecular formula is C12H27Cl2N3O. The lowest BCUT2D eigenvalue weighted by Gasteiger charge is -2.23. The quantitative estimate of drug-likeness (QED) is 0.834. The molecular weight excluding hydrogens is 273 g/mol. The topological polar surface area (TPSA) is 49.6 Å². The van der Waals surface area contributed by atoms with Gasteiger partial charge in [-0.1, -0.05) is 13.8 Å². The van der Waals surface area contributed by atoms with Crippen molar-refractivity contribution in [1.82, 2.24) is 9.80 Å². The van der Waals surface area contributed by atoms with Crippen LogP contribution in [-0.2, 0) is 4.79 Å². The Balaban J connectivity index is 0. The van der Waals surface area contributed by atoms with Gasteiger partial charge >= 0.3 is 0 Å². The average Bonchev–Trinajstić information content (AvgIpc) is 2.73. The number of nitrogens with two attached hydrogens (primary N) is 1. The highest BCUT2D eigenvalue weighted by Crippen LogP contribution is 2.17. The van der Waals surface area contributed by atoms with Crippen molar-refractivity contribution in [1.29, 1.82) is 0 Å². The van der Waals surface area contributed by atoms with Crippen LogP contribution in [0, 0.1) is 5.92 Å². The number of rotatable bonds is 5. The Kier molecular flexibility index (Phi) is 11.1. The van der Waals surface area contributed by atoms with Crippen molar-refractivity contribution in [3.8, 4) is 0 Å². The van der Waals surface area contributed by atoms with E-state index in [0.29, 0.717) is 5.92 Å². The molecule has 0 aromatic carbocycles. The van der Waals surface area contributed by atoms with Crippen LogP contribution in [0.4, 0.5) is 0 Å². The molecule has 0 spiro atoms. The smallest absolute Gasteiger partial charge is 0.239 e. The zero-order valence-electron chi connectivity index (χ0n) is 11.6. The molecule has 4 nitrogen and oxygen atoms in total. The zero-order valence-corrected chi connectivity index (χ0v) is 13.2. The fourth-order valence-corrected chi connectivity index (χ4v) is 2.32. The van der Waals surface area contributed by atoms with Crippen LogP contribution in [0.15, 0.2) is 0 Å². The molecule has 18 heavy (non-hydrogen) atoms. The monoisotopic (exact) mass is 299 g/mol. The largest absolute Gasteiger partial charge is 0.341 e. The first-order chi connectivity index (χ1) is 7.58. The second kappa shape index (κ2) is 9.84. The Morgan fingerprint density at radius 2 is 1.94 bits per heavy atom. The molecule has 1 aliphatic rings. The Labute approximate surface area is 123 Å². The van der Waals surface area contributed by atoms with Crippen molar-refractivity contribution in [2.24, 2.45) is 11.7 Å². The third-order valence-electron chi connectivity index (χ3n) is 3.40. The maximum Gasteiger partial charge on any atom is 0.239 e. The molecule has 0 radical (unpaired) electrons. The lowest BCUT2D eigenvalue weighted by atomic mass is 10.1. The summed E-state index contributed by atoms with van der Waals surface area (Å²) in [6.45, 7) is 11.2. The van der Waals surface area contributed by atoms with Gasteiger partial charge in [0, 0.05) is 19.6 Å². The first kappa shape index (κ1) is 20.3. The minimum atomic E-state index is -0.354. The summed E-state index contributed by atoms with van der Waals surface area (Å²) in [7, 11) is 0. The van der Waals surface area contributed by atoms with Gasteiger partial charge in [0.2, 0.25) is 5.91 Å². The fraction of sp³-hybridized carbons (Fsp3) is 0.917. The Hall–Kier alpha value is -0.0300. The van der Waals surface area contributed by atoms with Crippen LogP contribution in [0.2, 0.25) is 0 Å². The van der Waals surface area contributed by atoms with E-state index in [0.717, 1.165) is 39.1 Å². The molecule has 110 valence electrons. The molecule has 1 unspecified atom stereocenters. The van der Waals surface area contributed by atoms with Crippen LogP contribution in [-0.4, -0.2) is 54.5 Å². The molecule has 1 rings (SSSR count). The lowest BCUT2D eigenvalue weighted by Crippen LogP contribution is -2.41. The van der Waals surface area contributed by atoms with E-state index in [9.17, 15) is 4.79 Å². The number of halogens is 2. The highest BCUT2D eigenvalue weighted by molar-refractivity contribution is 5.85. The van der Waals surface area contributed by atoms with Crippen LogP contribution in [0.3, 0.4) is 0 Å². The van der Waals surface area contributed by atoms with E-state index in [1.54, 1.807) is 6.92 Å². The second-order valence-corrected chi connectivity index (χ2v) is 4.71. The lowest BCUT2D eigenvalue weighted by molar-refractivity contribution is -0.131. The molecule has 1 fully saturated rings. The predicted octanol–water partition coefficient (Wildman–Crippen LogP) is 1.37. The van der Waals surface area contributed by atoms with E-state index in [-0.39, 0.29) is 36.8 Å². The number of hydrogen-bond acceptors (Lipinski definition) is 3. The summed E-state index contributed by atoms with van der Waals surface area (Å²) in [5, 5.41) is 0. The fourth-order valence-electron chi connectivity index (χ4n) is 2.32. The van der Waals surface area contributed by atoms with Gasteiger partial charge in [-0.25, -0.2) is 0 Å². The number of amides is 1. The van der Waals surface area contributed by atoms with Crippen molar-refractivity contribution in [2.45, 2.75) is 33.2 Å². The van der Waals surface area contributed by atoms with Gasteiger partial charge in [-0.3, -0.25) is 4.79 Å². The summed E-state index contributed by atoms with van der Waals surface area (Å²) < 4.78 is 0. The van der Waals surface area contributed by atoms with E-state index in [2.05, 4.69) is 18.7 Å². The Bertz CT molecular complexity index is 235. The number of nitrogens with zero attached hydrogens (tertiary/aromatic N) is 2. The van der Waals surface area contributed by atoms with Gasteiger partial charge in [-0.15, -0.1) is 24.8 Å². The predicted molar refractivity (Wildman–Crippen MR) is 80.6 cm³/mol. The van der Waals surface area contributed by atoms with Crippen LogP contribution in [0.25, 0.3) is 0 Å². The number of hydrogen-bond donors (Lipinski definition) is 1. The standard InChI is InChI=1S/C12H25N3O.2ClH/c1-4-14(5-2)8-11-6-7-15(9-11)12(16)10(3)13;;/h10-11H,4-9,13H2,1-3H3;2*1H/t10-,11?;;/m1../s1. The molecule has 0 bridgehead atoms. The zero-order chi connectivity index (χ0) is 12.1. The van der Waals surface area contributed by atoms with Crippen molar-refractivity contribution >= 4 is 30.7 Å². The van der Waals surface area contributed by atoms with Crippen LogP contribution in [0.5, 0.6) is 0 Å². The van der Waals surface area contributed by atoms with E-state index >= 15 is 0 Å². The normalized spacial score (nSPS) is 20.3. The van der Waals surface area contributed by atoms with Crippen molar-refractivity contribution in [2.75, 3.05) is 32.7 Å². The molecule has 1 aliphatic heterocycles. The van der Waals surface area contributed by atoms with Gasteiger partial charge in [-0.2, -0.15) is 0 Å². The van der Waals surface area contributed by atoms with Crippen LogP contribution < -0.4 is 5.73 Å². The molecule has 1 saturated heterocycles. The van der Waals surface area contributed by atoms with E-state index < -0.39 is 0 Å². The van der Waals surface area contributed by atoms with Crippen LogP contribution >= 0.6 is 24.8 Å². The van der Waals surface area contributed by atoms with Gasteiger partial charge in [0.25, 0.3) is 0 Å². The molecule has 0 aromatic heterocycles. The first-order valence-electron chi connectivity index (χ1n) is 6.35. The van der Waals surface area contributed by atoms with Crippen LogP contribution in [0.1, 0.15) is 27.2 Å². The summed E-state index contributed by atoms with van der Waals surface area (Å²) in [6.07, 6.45) is 1.12. The third kappa shape index (κ3) is 5.74. The first-order valence-corrected chi connectivity index (χ1v) is 6.35. The SMILES string of the molecule is CCN(CC)CC1CCN(C(=O)[C@@H](C)N)C1.Cl.Cl. The molecule has 0 aromatic rings. The van der Waals surface area contributed by atoms with Gasteiger partial charge in [0.15, 0.2) is 0 Å². The molecule has 6 heteroatoms. The maximum absolute atomic E-state index is 11.7. The van der Waals surface area contributed by atoms with E-state index in [1.165, 1.54) is 0 Å². The Morgan fingerprint density at radius 1 is 1.39 bits per heavy atom. The van der Waals surface area contributed by atoms with Crippen molar-refractivity contribution in [3.63, 3.8) is 0 Å². The van der Waals surface area contributed by atoms with Gasteiger partial charge in [-0.05, 0) is 32.4 Å². The summed E-state index contributed by atoms with van der Waals surface area (Å²) >= 11 is 0. The third-order valence-corrected chi connectivity index (χ3v) is 3.40. The Morgan fingerprint density at radius 3 is 2.39 bits per heavy atom. The molecule has 2 atom stereocenters. The number of carbonyl (C=O) groups is 1. The van der Waals surface area contributed by atoms with E-state index in [1.807, 2.05) is 4.90 Å². The van der Waals surface area contributed by atoms with Crippen molar-refractivity contribution < 1.29 is 4.79 Å².